The van der Waals surface area contributed by atoms with Gasteiger partial charge in [0.25, 0.3) is 5.91 Å². The number of aliphatic imine (C=N–C) groups is 1. The third-order valence-corrected chi connectivity index (χ3v) is 3.65. The molecule has 5 nitrogen and oxygen atoms in total. The van der Waals surface area contributed by atoms with Crippen LogP contribution in [0.15, 0.2) is 29.3 Å². The van der Waals surface area contributed by atoms with Gasteiger partial charge < -0.3 is 16.0 Å². The molecule has 1 aromatic rings. The number of rotatable bonds is 8. The standard InChI is InChI=1S/C15H23ClN4OS/c1-3-17-15(20-10-11-22-2)19-9-8-18-14(21)12-6-4-5-7-13(12)16/h4-7H,3,8-11H2,1-2H3,(H,18,21)(H2,17,19,20). The maximum atomic E-state index is 12.0. The van der Waals surface area contributed by atoms with Gasteiger partial charge in [-0.05, 0) is 25.3 Å². The summed E-state index contributed by atoms with van der Waals surface area (Å²) < 4.78 is 0. The van der Waals surface area contributed by atoms with Crippen LogP contribution in [0.5, 0.6) is 0 Å². The highest BCUT2D eigenvalue weighted by Gasteiger charge is 2.08. The van der Waals surface area contributed by atoms with E-state index in [0.717, 1.165) is 24.8 Å². The molecule has 1 rings (SSSR count). The van der Waals surface area contributed by atoms with Crippen molar-refractivity contribution >= 4 is 35.2 Å². The van der Waals surface area contributed by atoms with Crippen LogP contribution in [0.1, 0.15) is 17.3 Å². The van der Waals surface area contributed by atoms with Crippen LogP contribution in [0.25, 0.3) is 0 Å². The Kier molecular flexibility index (Phi) is 9.50. The first kappa shape index (κ1) is 18.6. The van der Waals surface area contributed by atoms with Gasteiger partial charge in [0.05, 0.1) is 17.1 Å². The summed E-state index contributed by atoms with van der Waals surface area (Å²) in [7, 11) is 0. The fourth-order valence-electron chi connectivity index (χ4n) is 1.69. The molecule has 0 aliphatic carbocycles. The van der Waals surface area contributed by atoms with Gasteiger partial charge in [-0.25, -0.2) is 0 Å². The van der Waals surface area contributed by atoms with Gasteiger partial charge >= 0.3 is 0 Å². The zero-order valence-electron chi connectivity index (χ0n) is 13.0. The lowest BCUT2D eigenvalue weighted by Crippen LogP contribution is -2.41. The van der Waals surface area contributed by atoms with Crippen LogP contribution in [-0.4, -0.2) is 50.1 Å². The Labute approximate surface area is 141 Å². The van der Waals surface area contributed by atoms with Crippen molar-refractivity contribution in [3.8, 4) is 0 Å². The van der Waals surface area contributed by atoms with Crippen LogP contribution in [0.4, 0.5) is 0 Å². The fraction of sp³-hybridized carbons (Fsp3) is 0.467. The molecule has 3 N–H and O–H groups in total. The first-order valence-corrected chi connectivity index (χ1v) is 9.00. The number of nitrogens with one attached hydrogen (secondary N) is 3. The number of halogens is 1. The molecule has 0 radical (unpaired) electrons. The summed E-state index contributed by atoms with van der Waals surface area (Å²) in [6.07, 6.45) is 2.06. The molecule has 1 aromatic carbocycles. The fourth-order valence-corrected chi connectivity index (χ4v) is 2.18. The summed E-state index contributed by atoms with van der Waals surface area (Å²) in [6, 6.07) is 7.00. The van der Waals surface area contributed by atoms with Crippen molar-refractivity contribution in [1.29, 1.82) is 0 Å². The second-order valence-electron chi connectivity index (χ2n) is 4.42. The largest absolute Gasteiger partial charge is 0.357 e. The van der Waals surface area contributed by atoms with E-state index in [4.69, 9.17) is 11.6 Å². The van der Waals surface area contributed by atoms with Crippen molar-refractivity contribution in [2.24, 2.45) is 4.99 Å². The predicted molar refractivity (Wildman–Crippen MR) is 96.1 cm³/mol. The van der Waals surface area contributed by atoms with Crippen LogP contribution >= 0.6 is 23.4 Å². The Morgan fingerprint density at radius 2 is 1.95 bits per heavy atom. The quantitative estimate of drug-likeness (QED) is 0.384. The minimum atomic E-state index is -0.170. The van der Waals surface area contributed by atoms with Crippen molar-refractivity contribution in [3.05, 3.63) is 34.9 Å². The molecule has 0 unspecified atom stereocenters. The Morgan fingerprint density at radius 3 is 2.64 bits per heavy atom. The molecule has 0 spiro atoms. The highest BCUT2D eigenvalue weighted by atomic mass is 35.5. The number of carbonyl (C=O) groups excluding carboxylic acids is 1. The number of amides is 1. The van der Waals surface area contributed by atoms with Gasteiger partial charge in [0.1, 0.15) is 0 Å². The van der Waals surface area contributed by atoms with Gasteiger partial charge in [-0.2, -0.15) is 11.8 Å². The molecule has 7 heteroatoms. The monoisotopic (exact) mass is 342 g/mol. The Hall–Kier alpha value is -1.40. The molecule has 122 valence electrons. The lowest BCUT2D eigenvalue weighted by molar-refractivity contribution is 0.0954. The molecule has 0 atom stereocenters. The highest BCUT2D eigenvalue weighted by molar-refractivity contribution is 7.98. The van der Waals surface area contributed by atoms with Crippen molar-refractivity contribution in [3.63, 3.8) is 0 Å². The predicted octanol–water partition coefficient (Wildman–Crippen LogP) is 1.99. The lowest BCUT2D eigenvalue weighted by Gasteiger charge is -2.12. The first-order valence-electron chi connectivity index (χ1n) is 7.22. The van der Waals surface area contributed by atoms with Crippen LogP contribution in [0, 0.1) is 0 Å². The van der Waals surface area contributed by atoms with E-state index in [1.165, 1.54) is 0 Å². The molecule has 0 bridgehead atoms. The second-order valence-corrected chi connectivity index (χ2v) is 5.81. The van der Waals surface area contributed by atoms with E-state index in [0.29, 0.717) is 23.7 Å². The summed E-state index contributed by atoms with van der Waals surface area (Å²) >= 11 is 7.75. The Bertz CT molecular complexity index is 496. The Balaban J connectivity index is 2.35. The van der Waals surface area contributed by atoms with Crippen molar-refractivity contribution in [1.82, 2.24) is 16.0 Å². The number of hydrogen-bond donors (Lipinski definition) is 3. The minimum Gasteiger partial charge on any atom is -0.357 e. The van der Waals surface area contributed by atoms with E-state index < -0.39 is 0 Å². The molecule has 0 saturated carbocycles. The number of carbonyl (C=O) groups is 1. The second kappa shape index (κ2) is 11.2. The van der Waals surface area contributed by atoms with Crippen LogP contribution in [0.3, 0.4) is 0 Å². The molecule has 0 saturated heterocycles. The summed E-state index contributed by atoms with van der Waals surface area (Å²) in [5.74, 6) is 1.58. The molecule has 0 aliphatic heterocycles. The molecular formula is C15H23ClN4OS. The summed E-state index contributed by atoms with van der Waals surface area (Å²) in [6.45, 7) is 4.68. The van der Waals surface area contributed by atoms with E-state index >= 15 is 0 Å². The number of nitrogens with zero attached hydrogens (tertiary/aromatic N) is 1. The lowest BCUT2D eigenvalue weighted by atomic mass is 10.2. The van der Waals surface area contributed by atoms with Gasteiger partial charge in [-0.3, -0.25) is 9.79 Å². The molecule has 1 amide bonds. The van der Waals surface area contributed by atoms with Crippen molar-refractivity contribution in [2.75, 3.05) is 38.2 Å². The maximum absolute atomic E-state index is 12.0. The van der Waals surface area contributed by atoms with Crippen LogP contribution in [0.2, 0.25) is 5.02 Å². The van der Waals surface area contributed by atoms with E-state index in [9.17, 15) is 4.79 Å². The number of benzene rings is 1. The average Bonchev–Trinajstić information content (AvgIpc) is 2.52. The first-order chi connectivity index (χ1) is 10.7. The summed E-state index contributed by atoms with van der Waals surface area (Å²) in [5, 5.41) is 9.64. The molecular weight excluding hydrogens is 320 g/mol. The Morgan fingerprint density at radius 1 is 1.23 bits per heavy atom. The number of guanidine groups is 1. The van der Waals surface area contributed by atoms with Gasteiger partial charge in [-0.15, -0.1) is 0 Å². The smallest absolute Gasteiger partial charge is 0.252 e. The summed E-state index contributed by atoms with van der Waals surface area (Å²) in [5.41, 5.74) is 0.490. The third kappa shape index (κ3) is 7.04. The topological polar surface area (TPSA) is 65.5 Å². The minimum absolute atomic E-state index is 0.170. The van der Waals surface area contributed by atoms with Crippen molar-refractivity contribution in [2.45, 2.75) is 6.92 Å². The maximum Gasteiger partial charge on any atom is 0.252 e. The van der Waals surface area contributed by atoms with Gasteiger partial charge in [0, 0.05) is 25.4 Å². The summed E-state index contributed by atoms with van der Waals surface area (Å²) in [4.78, 5) is 16.4. The van der Waals surface area contributed by atoms with Crippen LogP contribution < -0.4 is 16.0 Å². The number of thioether (sulfide) groups is 1. The van der Waals surface area contributed by atoms with E-state index in [1.54, 1.807) is 36.0 Å². The van der Waals surface area contributed by atoms with E-state index in [1.807, 2.05) is 6.92 Å². The average molecular weight is 343 g/mol. The molecule has 0 aliphatic rings. The van der Waals surface area contributed by atoms with E-state index in [2.05, 4.69) is 27.2 Å². The third-order valence-electron chi connectivity index (χ3n) is 2.73. The van der Waals surface area contributed by atoms with Crippen LogP contribution in [-0.2, 0) is 0 Å². The van der Waals surface area contributed by atoms with Crippen molar-refractivity contribution < 1.29 is 4.79 Å². The highest BCUT2D eigenvalue weighted by Crippen LogP contribution is 2.14. The van der Waals surface area contributed by atoms with E-state index in [-0.39, 0.29) is 5.91 Å². The zero-order chi connectivity index (χ0) is 16.2. The zero-order valence-corrected chi connectivity index (χ0v) is 14.6. The SMILES string of the molecule is CCNC(=NCCSC)NCCNC(=O)c1ccccc1Cl. The molecule has 0 fully saturated rings. The van der Waals surface area contributed by atoms with Gasteiger partial charge in [-0.1, -0.05) is 23.7 Å². The molecule has 0 heterocycles. The molecule has 22 heavy (non-hydrogen) atoms. The number of hydrogen-bond acceptors (Lipinski definition) is 3. The normalized spacial score (nSPS) is 11.1. The van der Waals surface area contributed by atoms with Gasteiger partial charge in [0.2, 0.25) is 0 Å². The van der Waals surface area contributed by atoms with Gasteiger partial charge in [0.15, 0.2) is 5.96 Å². The molecule has 0 aromatic heterocycles.